The Hall–Kier alpha value is -0.890. The van der Waals surface area contributed by atoms with Crippen molar-refractivity contribution in [3.05, 3.63) is 48.0 Å². The molecule has 0 unspecified atom stereocenters. The second kappa shape index (κ2) is 7.44. The SMILES string of the molecule is CC/C=C/C[P@@](=O)(CN)OCc1ccccc1. The molecule has 0 saturated heterocycles. The number of rotatable bonds is 7. The summed E-state index contributed by atoms with van der Waals surface area (Å²) in [6.45, 7) is 2.39. The zero-order valence-electron chi connectivity index (χ0n) is 10.2. The third-order valence-electron chi connectivity index (χ3n) is 2.37. The first-order valence-corrected chi connectivity index (χ1v) is 7.81. The van der Waals surface area contributed by atoms with Crippen LogP contribution in [0.25, 0.3) is 0 Å². The fourth-order valence-electron chi connectivity index (χ4n) is 1.35. The maximum absolute atomic E-state index is 12.2. The zero-order valence-corrected chi connectivity index (χ0v) is 11.1. The molecule has 0 radical (unpaired) electrons. The summed E-state index contributed by atoms with van der Waals surface area (Å²) in [5.41, 5.74) is 6.55. The molecule has 0 aliphatic rings. The Morgan fingerprint density at radius 2 is 2.00 bits per heavy atom. The first-order chi connectivity index (χ1) is 8.20. The zero-order chi connectivity index (χ0) is 12.6. The van der Waals surface area contributed by atoms with E-state index in [-0.39, 0.29) is 6.29 Å². The highest BCUT2D eigenvalue weighted by Crippen LogP contribution is 2.45. The minimum Gasteiger partial charge on any atom is -0.323 e. The normalized spacial score (nSPS) is 14.9. The monoisotopic (exact) mass is 253 g/mol. The van der Waals surface area contributed by atoms with E-state index >= 15 is 0 Å². The van der Waals surface area contributed by atoms with Gasteiger partial charge >= 0.3 is 0 Å². The highest BCUT2D eigenvalue weighted by atomic mass is 31.2. The summed E-state index contributed by atoms with van der Waals surface area (Å²) in [6, 6.07) is 9.70. The molecule has 0 spiro atoms. The molecule has 0 aliphatic heterocycles. The van der Waals surface area contributed by atoms with Crippen LogP contribution in [-0.2, 0) is 15.7 Å². The van der Waals surface area contributed by atoms with Crippen molar-refractivity contribution in [1.29, 1.82) is 0 Å². The molecule has 0 fully saturated rings. The molecule has 4 heteroatoms. The summed E-state index contributed by atoms with van der Waals surface area (Å²) in [5.74, 6) is 0. The second-order valence-electron chi connectivity index (χ2n) is 3.82. The summed E-state index contributed by atoms with van der Waals surface area (Å²) in [4.78, 5) is 0. The first-order valence-electron chi connectivity index (χ1n) is 5.82. The fraction of sp³-hybridized carbons (Fsp3) is 0.385. The van der Waals surface area contributed by atoms with Gasteiger partial charge in [0, 0.05) is 6.16 Å². The van der Waals surface area contributed by atoms with Gasteiger partial charge in [0.25, 0.3) is 0 Å². The fourth-order valence-corrected chi connectivity index (χ4v) is 2.56. The van der Waals surface area contributed by atoms with E-state index in [9.17, 15) is 4.57 Å². The third-order valence-corrected chi connectivity index (χ3v) is 4.30. The van der Waals surface area contributed by atoms with Crippen molar-refractivity contribution in [3.63, 3.8) is 0 Å². The molecule has 3 nitrogen and oxygen atoms in total. The van der Waals surface area contributed by atoms with Crippen molar-refractivity contribution in [2.75, 3.05) is 12.4 Å². The Balaban J connectivity index is 2.52. The lowest BCUT2D eigenvalue weighted by Gasteiger charge is -2.15. The van der Waals surface area contributed by atoms with Crippen molar-refractivity contribution in [2.45, 2.75) is 20.0 Å². The molecule has 0 amide bonds. The molecule has 94 valence electrons. The van der Waals surface area contributed by atoms with Gasteiger partial charge in [-0.3, -0.25) is 4.57 Å². The van der Waals surface area contributed by atoms with Gasteiger partial charge in [0.05, 0.1) is 12.9 Å². The van der Waals surface area contributed by atoms with E-state index in [1.165, 1.54) is 0 Å². The highest BCUT2D eigenvalue weighted by molar-refractivity contribution is 7.59. The summed E-state index contributed by atoms with van der Waals surface area (Å²) >= 11 is 0. The van der Waals surface area contributed by atoms with Gasteiger partial charge in [-0.25, -0.2) is 0 Å². The summed E-state index contributed by atoms with van der Waals surface area (Å²) in [5, 5.41) is 0. The van der Waals surface area contributed by atoms with Gasteiger partial charge in [-0.1, -0.05) is 49.4 Å². The molecule has 1 aromatic carbocycles. The van der Waals surface area contributed by atoms with Crippen molar-refractivity contribution in [3.8, 4) is 0 Å². The van der Waals surface area contributed by atoms with Gasteiger partial charge in [-0.15, -0.1) is 0 Å². The number of hydrogen-bond donors (Lipinski definition) is 1. The molecule has 1 aromatic rings. The predicted molar refractivity (Wildman–Crippen MR) is 72.2 cm³/mol. The molecule has 0 saturated carbocycles. The van der Waals surface area contributed by atoms with Crippen LogP contribution in [-0.4, -0.2) is 12.4 Å². The Kier molecular flexibility index (Phi) is 6.20. The lowest BCUT2D eigenvalue weighted by Crippen LogP contribution is -2.06. The Morgan fingerprint density at radius 1 is 1.29 bits per heavy atom. The largest absolute Gasteiger partial charge is 0.323 e. The first kappa shape index (κ1) is 14.2. The van der Waals surface area contributed by atoms with Gasteiger partial charge in [0.2, 0.25) is 7.37 Å². The average Bonchev–Trinajstić information content (AvgIpc) is 2.38. The molecule has 0 aliphatic carbocycles. The number of allylic oxidation sites excluding steroid dienone is 2. The molecular weight excluding hydrogens is 233 g/mol. The molecule has 1 atom stereocenters. The molecule has 2 N–H and O–H groups in total. The van der Waals surface area contributed by atoms with E-state index in [0.717, 1.165) is 12.0 Å². The minimum absolute atomic E-state index is 0.0912. The van der Waals surface area contributed by atoms with E-state index in [1.807, 2.05) is 49.4 Å². The number of hydrogen-bond acceptors (Lipinski definition) is 3. The van der Waals surface area contributed by atoms with E-state index in [4.69, 9.17) is 10.3 Å². The average molecular weight is 253 g/mol. The van der Waals surface area contributed by atoms with Crippen LogP contribution in [0.3, 0.4) is 0 Å². The van der Waals surface area contributed by atoms with E-state index < -0.39 is 7.37 Å². The van der Waals surface area contributed by atoms with Crippen LogP contribution in [0.5, 0.6) is 0 Å². The van der Waals surface area contributed by atoms with Crippen LogP contribution in [0.1, 0.15) is 18.9 Å². The van der Waals surface area contributed by atoms with Gasteiger partial charge in [-0.05, 0) is 12.0 Å². The molecular formula is C13H20NO2P. The van der Waals surface area contributed by atoms with Crippen LogP contribution < -0.4 is 5.73 Å². The van der Waals surface area contributed by atoms with Crippen LogP contribution in [0.2, 0.25) is 0 Å². The highest BCUT2D eigenvalue weighted by Gasteiger charge is 2.19. The maximum atomic E-state index is 12.2. The van der Waals surface area contributed by atoms with Crippen LogP contribution in [0.4, 0.5) is 0 Å². The lowest BCUT2D eigenvalue weighted by atomic mass is 10.2. The Morgan fingerprint density at radius 3 is 2.59 bits per heavy atom. The molecule has 1 rings (SSSR count). The summed E-state index contributed by atoms with van der Waals surface area (Å²) < 4.78 is 17.7. The maximum Gasteiger partial charge on any atom is 0.220 e. The second-order valence-corrected chi connectivity index (χ2v) is 6.44. The lowest BCUT2D eigenvalue weighted by molar-refractivity contribution is 0.304. The molecule has 17 heavy (non-hydrogen) atoms. The summed E-state index contributed by atoms with van der Waals surface area (Å²) in [6.07, 6.45) is 5.31. The van der Waals surface area contributed by atoms with Gasteiger partial charge < -0.3 is 10.3 Å². The number of benzene rings is 1. The van der Waals surface area contributed by atoms with E-state index in [0.29, 0.717) is 12.8 Å². The van der Waals surface area contributed by atoms with E-state index in [2.05, 4.69) is 0 Å². The van der Waals surface area contributed by atoms with E-state index in [1.54, 1.807) is 0 Å². The number of nitrogens with two attached hydrogens (primary N) is 1. The topological polar surface area (TPSA) is 52.3 Å². The third kappa shape index (κ3) is 5.31. The minimum atomic E-state index is -2.70. The molecule has 0 heterocycles. The summed E-state index contributed by atoms with van der Waals surface area (Å²) in [7, 11) is -2.70. The van der Waals surface area contributed by atoms with Crippen LogP contribution >= 0.6 is 7.37 Å². The van der Waals surface area contributed by atoms with Gasteiger partial charge in [0.15, 0.2) is 0 Å². The van der Waals surface area contributed by atoms with Crippen molar-refractivity contribution < 1.29 is 9.09 Å². The quantitative estimate of drug-likeness (QED) is 0.598. The smallest absolute Gasteiger partial charge is 0.220 e. The van der Waals surface area contributed by atoms with Crippen LogP contribution in [0.15, 0.2) is 42.5 Å². The van der Waals surface area contributed by atoms with Gasteiger partial charge in [0.1, 0.15) is 0 Å². The molecule has 0 bridgehead atoms. The van der Waals surface area contributed by atoms with Crippen LogP contribution in [0, 0.1) is 0 Å². The standard InChI is InChI=1S/C13H20NO2P/c1-2-3-7-10-17(15,12-14)16-11-13-8-5-4-6-9-13/h3-9H,2,10-12,14H2,1H3/b7-3+/t17-/m0/s1. The van der Waals surface area contributed by atoms with Crippen molar-refractivity contribution in [1.82, 2.24) is 0 Å². The van der Waals surface area contributed by atoms with Crippen molar-refractivity contribution in [2.24, 2.45) is 5.73 Å². The Bertz CT molecular complexity index is 390. The Labute approximate surface area is 103 Å². The molecule has 0 aromatic heterocycles. The predicted octanol–water partition coefficient (Wildman–Crippen LogP) is 3.36. The van der Waals surface area contributed by atoms with Crippen molar-refractivity contribution >= 4 is 7.37 Å². The van der Waals surface area contributed by atoms with Gasteiger partial charge in [-0.2, -0.15) is 0 Å².